The van der Waals surface area contributed by atoms with Gasteiger partial charge in [0.15, 0.2) is 5.43 Å². The van der Waals surface area contributed by atoms with E-state index in [1.807, 2.05) is 0 Å². The number of amides is 2. The van der Waals surface area contributed by atoms with Crippen LogP contribution in [0.25, 0.3) is 33.4 Å². The van der Waals surface area contributed by atoms with E-state index in [0.29, 0.717) is 5.56 Å². The summed E-state index contributed by atoms with van der Waals surface area (Å²) in [6.45, 7) is -7.78. The van der Waals surface area contributed by atoms with E-state index in [2.05, 4.69) is 41.8 Å². The molecular formula is C43H38N5O20P3. The molecule has 25 nitrogen and oxygen atoms in total. The van der Waals surface area contributed by atoms with Gasteiger partial charge < -0.3 is 31.0 Å². The fraction of sp³-hybridized carbons (Fsp3) is 0.209. The van der Waals surface area contributed by atoms with E-state index >= 15 is 0 Å². The van der Waals surface area contributed by atoms with Gasteiger partial charge >= 0.3 is 180 Å². The molecule has 9 N–H and O–H groups in total. The summed E-state index contributed by atoms with van der Waals surface area (Å²) in [6, 6.07) is 17.0. The number of aromatic carboxylic acids is 1. The number of ether oxygens (including phenoxy) is 1. The molecule has 370 valence electrons. The number of nitrogens with two attached hydrogens (primary N) is 1. The van der Waals surface area contributed by atoms with Crippen molar-refractivity contribution in [2.45, 2.75) is 44.7 Å². The van der Waals surface area contributed by atoms with Gasteiger partial charge in [0.25, 0.3) is 11.8 Å². The number of H-pyrrole nitrogens is 1. The summed E-state index contributed by atoms with van der Waals surface area (Å²) in [5.74, 6) is 2.56. The molecule has 3 aliphatic rings. The first kappa shape index (κ1) is 51.9. The summed E-state index contributed by atoms with van der Waals surface area (Å²) in [7, 11) is -8.86. The molecule has 28 heteroatoms. The Morgan fingerprint density at radius 2 is 1.63 bits per heavy atom. The molecule has 2 aliphatic heterocycles. The van der Waals surface area contributed by atoms with Gasteiger partial charge in [-0.3, -0.25) is 14.4 Å². The largest absolute Gasteiger partial charge is 0.478 e. The van der Waals surface area contributed by atoms with Crippen LogP contribution in [0.5, 0.6) is 5.75 Å². The molecular weight excluding hydrogens is 999 g/mol. The maximum absolute atomic E-state index is 13.6. The Morgan fingerprint density at radius 3 is 2.31 bits per heavy atom. The smallest absolute Gasteiger partial charge is 0.336 e. The number of nitrogens with zero attached hydrogens (tertiary/aromatic N) is 1. The number of phenols is 1. The number of nitrogens with one attached hydrogen (secondary N) is 3. The van der Waals surface area contributed by atoms with Crippen molar-refractivity contribution in [2.75, 3.05) is 13.2 Å². The zero-order chi connectivity index (χ0) is 51.2. The number of aromatic hydroxyl groups is 1. The van der Waals surface area contributed by atoms with Crippen molar-refractivity contribution >= 4 is 50.8 Å². The molecule has 0 bridgehead atoms. The van der Waals surface area contributed by atoms with Gasteiger partial charge in [-0.1, -0.05) is 12.1 Å². The molecule has 1 aliphatic carbocycles. The van der Waals surface area contributed by atoms with Crippen molar-refractivity contribution in [1.82, 2.24) is 20.2 Å². The quantitative estimate of drug-likeness (QED) is 0.0201. The van der Waals surface area contributed by atoms with Crippen LogP contribution in [0.1, 0.15) is 66.8 Å². The molecule has 7 rings (SSSR count). The Hall–Kier alpha value is -6.97. The second-order valence-corrected chi connectivity index (χ2v) is 25.5. The number of carbonyl (C=O) groups is 3. The van der Waals surface area contributed by atoms with E-state index in [0.717, 1.165) is 16.3 Å². The molecule has 0 radical (unpaired) electrons. The average Bonchev–Trinajstić information content (AvgIpc) is 3.83. The summed E-state index contributed by atoms with van der Waals surface area (Å²) >= 11 is 0. The Labute approximate surface area is 399 Å². The Balaban J connectivity index is 1.09. The predicted octanol–water partition coefficient (Wildman–Crippen LogP) is 3.12. The van der Waals surface area contributed by atoms with E-state index in [1.165, 1.54) is 48.5 Å². The Morgan fingerprint density at radius 1 is 0.915 bits per heavy atom. The number of aromatic nitrogens is 2. The first-order chi connectivity index (χ1) is 33.9. The summed E-state index contributed by atoms with van der Waals surface area (Å²) in [5.41, 5.74) is 4.95. The van der Waals surface area contributed by atoms with Crippen LogP contribution in [0, 0.1) is 11.8 Å². The Kier molecular flexibility index (Phi) is 15.8. The fourth-order valence-corrected chi connectivity index (χ4v) is 12.0. The van der Waals surface area contributed by atoms with Crippen LogP contribution < -0.4 is 42.8 Å². The molecule has 4 atom stereocenters. The van der Waals surface area contributed by atoms with Crippen LogP contribution in [0.4, 0.5) is 0 Å². The van der Waals surface area contributed by atoms with Gasteiger partial charge in [0.1, 0.15) is 17.1 Å². The minimum atomic E-state index is -6.58. The second kappa shape index (κ2) is 21.6. The van der Waals surface area contributed by atoms with Crippen LogP contribution in [-0.4, -0.2) is 67.3 Å². The van der Waals surface area contributed by atoms with Gasteiger partial charge in [0, 0.05) is 40.3 Å². The number of carbonyl (C=O) groups excluding carboxylic acids is 2. The van der Waals surface area contributed by atoms with Crippen LogP contribution in [0.2, 0.25) is 0 Å². The number of carboxylic acid groups (broad SMARTS) is 1. The molecule has 1 aromatic heterocycles. The molecule has 1 fully saturated rings. The van der Waals surface area contributed by atoms with Crippen molar-refractivity contribution < 1.29 is 82.1 Å². The van der Waals surface area contributed by atoms with E-state index in [9.17, 15) is 63.2 Å². The number of phenolic OH excluding ortho intramolecular Hbond substituents is 1. The van der Waals surface area contributed by atoms with Gasteiger partial charge in [-0.05, 0) is 65.7 Å². The van der Waals surface area contributed by atoms with Crippen molar-refractivity contribution in [1.29, 1.82) is 0 Å². The third kappa shape index (κ3) is 10.4. The van der Waals surface area contributed by atoms with Gasteiger partial charge in [-0.15, -0.1) is 0 Å². The van der Waals surface area contributed by atoms with Gasteiger partial charge in [0.05, 0.1) is 17.7 Å². The van der Waals surface area contributed by atoms with Crippen molar-refractivity contribution in [3.05, 3.63) is 143 Å². The summed E-state index contributed by atoms with van der Waals surface area (Å²) in [6.07, 6.45) is -1.35. The minimum absolute atomic E-state index is 0.00459. The first-order valence-electron chi connectivity index (χ1n) is 20.6. The molecule has 0 spiro atoms. The summed E-state index contributed by atoms with van der Waals surface area (Å²) in [5, 5.41) is 48.1. The van der Waals surface area contributed by atoms with E-state index in [-0.39, 0.29) is 100 Å². The molecule has 2 unspecified atom stereocenters. The summed E-state index contributed by atoms with van der Waals surface area (Å²) < 4.78 is 49.1. The number of hydrogen-bond acceptors (Lipinski definition) is 20. The number of benzene rings is 4. The van der Waals surface area contributed by atoms with Gasteiger partial charge in [-0.2, -0.15) is 0 Å². The third-order valence-electron chi connectivity index (χ3n) is 11.1. The number of fused-ring (bicyclic) bond motifs is 2. The number of hydrogen-bond donors (Lipinski definition) is 8. The van der Waals surface area contributed by atoms with Crippen molar-refractivity contribution in [3.63, 3.8) is 0 Å². The first-order valence-corrected chi connectivity index (χ1v) is 26.4. The van der Waals surface area contributed by atoms with Crippen LogP contribution in [-0.2, 0) is 52.3 Å². The molecule has 2 amide bonds. The van der Waals surface area contributed by atoms with E-state index in [4.69, 9.17) is 24.7 Å². The van der Waals surface area contributed by atoms with Crippen molar-refractivity contribution in [3.8, 4) is 40.0 Å². The van der Waals surface area contributed by atoms with Gasteiger partial charge in [-0.25, -0.2) is 4.79 Å². The molecule has 4 aromatic rings. The maximum atomic E-state index is 13.6. The summed E-state index contributed by atoms with van der Waals surface area (Å²) in [4.78, 5) is 103. The zero-order valence-corrected chi connectivity index (χ0v) is 39.0. The third-order valence-corrected chi connectivity index (χ3v) is 20.8. The number of aromatic amines is 1. The molecule has 3 aromatic carbocycles. The number of rotatable bonds is 18. The second-order valence-electron chi connectivity index (χ2n) is 15.4. The monoisotopic (exact) mass is 1040 g/mol. The van der Waals surface area contributed by atoms with Crippen LogP contribution >= 0.6 is 22.1 Å². The van der Waals surface area contributed by atoms with E-state index < -0.39 is 75.5 Å². The molecule has 71 heavy (non-hydrogen) atoms. The normalized spacial score (nSPS) is 15.6. The molecule has 1 saturated heterocycles. The standard InChI is InChI=1S/C43H38N5O20P3/c44-19-23-4-6-24(7-5-23)39(51)46-20-33-34(50)14-13-31-37(30-12-9-27(49)18-35(30)65-38(31)33)32-17-25(8-11-29(32)42(54)55)40(52)45-16-2-1-3-26-21-48(43(56)47-41(26)53)36-15-10-28(64-36)22-63-71(67-58,68-66-57,69(59)60)70(61)62/h4-9,11-14,17-18,21,28,36,50,57-58H,3,10,15-16,19-20,22,44H2,(H,45,52)(H,46,51)(H,54,55)(H,47,53,56)/t28-,36+/m0/s1. The fourth-order valence-electron chi connectivity index (χ4n) is 7.50. The molecule has 3 heterocycles. The van der Waals surface area contributed by atoms with Gasteiger partial charge in [0.2, 0.25) is 0 Å². The topological polar surface area (TPSA) is 394 Å². The van der Waals surface area contributed by atoms with Crippen LogP contribution in [0.15, 0.2) is 97.8 Å². The van der Waals surface area contributed by atoms with E-state index in [1.54, 1.807) is 24.3 Å². The minimum Gasteiger partial charge on any atom is -0.478 e. The number of carboxylic acids is 1. The SMILES string of the molecule is NCc1ccc(C(=O)NCc2c(O)ccc3c(-c4cc(C(=O)NCC#CCc5cn([C@H]6CC[C@@H](COP(OO)(OOO)([P+](=O)[O-])[P+](=O)[O-])O6)c(=O)[nH]c5=O)ccc4C(=O)O)c4ccc(=O)cc-4oc23)cc1. The molecule has 0 saturated carbocycles. The van der Waals surface area contributed by atoms with Crippen molar-refractivity contribution in [2.24, 2.45) is 5.73 Å². The average molecular weight is 1040 g/mol. The van der Waals surface area contributed by atoms with Crippen LogP contribution in [0.3, 0.4) is 0 Å². The predicted molar refractivity (Wildman–Crippen MR) is 244 cm³/mol. The maximum Gasteiger partial charge on any atom is 0.336 e. The Bertz CT molecular complexity index is 3320. The zero-order valence-electron chi connectivity index (χ0n) is 36.3.